The van der Waals surface area contributed by atoms with Crippen LogP contribution in [0.15, 0.2) is 35.8 Å². The van der Waals surface area contributed by atoms with Crippen LogP contribution in [0.3, 0.4) is 0 Å². The number of amides is 2. The summed E-state index contributed by atoms with van der Waals surface area (Å²) in [6.07, 6.45) is 1.59. The van der Waals surface area contributed by atoms with Crippen molar-refractivity contribution in [3.05, 3.63) is 41.4 Å². The van der Waals surface area contributed by atoms with Crippen LogP contribution in [0.2, 0.25) is 0 Å². The molecule has 1 aromatic heterocycles. The molecule has 0 radical (unpaired) electrons. The molecule has 2 amide bonds. The number of ether oxygens (including phenoxy) is 1. The highest BCUT2D eigenvalue weighted by molar-refractivity contribution is 7.13. The van der Waals surface area contributed by atoms with Crippen LogP contribution in [0.4, 0.5) is 15.6 Å². The number of aromatic nitrogens is 1. The molecule has 19 heavy (non-hydrogen) atoms. The molecule has 7 heteroatoms. The van der Waals surface area contributed by atoms with E-state index >= 15 is 0 Å². The Hall–Kier alpha value is -2.41. The number of hydrogen-bond donors (Lipinski definition) is 2. The molecule has 1 heterocycles. The van der Waals surface area contributed by atoms with Crippen LogP contribution in [0, 0.1) is 0 Å². The van der Waals surface area contributed by atoms with Gasteiger partial charge in [0.25, 0.3) is 0 Å². The fourth-order valence-electron chi connectivity index (χ4n) is 1.42. The fraction of sp³-hybridized carbons (Fsp3) is 0.0833. The Kier molecular flexibility index (Phi) is 4.09. The summed E-state index contributed by atoms with van der Waals surface area (Å²) < 4.78 is 4.64. The minimum Gasteiger partial charge on any atom is -0.465 e. The number of carbonyl (C=O) groups is 2. The standard InChI is InChI=1S/C12H11N3O3S/c1-18-10(16)8-4-2-3-5-9(8)14-11(17)15-12-13-6-7-19-12/h2-7H,1H3,(H2,13,14,15,17). The number of nitrogens with one attached hydrogen (secondary N) is 2. The van der Waals surface area contributed by atoms with Crippen molar-refractivity contribution in [3.63, 3.8) is 0 Å². The van der Waals surface area contributed by atoms with Gasteiger partial charge in [-0.05, 0) is 12.1 Å². The van der Waals surface area contributed by atoms with Crippen LogP contribution in [0.1, 0.15) is 10.4 Å². The maximum Gasteiger partial charge on any atom is 0.339 e. The van der Waals surface area contributed by atoms with Gasteiger partial charge in [-0.3, -0.25) is 5.32 Å². The van der Waals surface area contributed by atoms with Crippen LogP contribution in [-0.4, -0.2) is 24.1 Å². The number of thiazole rings is 1. The molecule has 6 nitrogen and oxygen atoms in total. The third-order valence-corrected chi connectivity index (χ3v) is 2.92. The summed E-state index contributed by atoms with van der Waals surface area (Å²) in [5.41, 5.74) is 0.669. The molecule has 0 aliphatic heterocycles. The Labute approximate surface area is 113 Å². The number of esters is 1. The first-order valence-electron chi connectivity index (χ1n) is 5.35. The third-order valence-electron chi connectivity index (χ3n) is 2.23. The smallest absolute Gasteiger partial charge is 0.339 e. The predicted octanol–water partition coefficient (Wildman–Crippen LogP) is 2.57. The van der Waals surface area contributed by atoms with Crippen LogP contribution in [-0.2, 0) is 4.74 Å². The molecule has 2 N–H and O–H groups in total. The zero-order chi connectivity index (χ0) is 13.7. The first kappa shape index (κ1) is 13.0. The van der Waals surface area contributed by atoms with Crippen LogP contribution in [0.5, 0.6) is 0 Å². The van der Waals surface area contributed by atoms with Crippen molar-refractivity contribution < 1.29 is 14.3 Å². The van der Waals surface area contributed by atoms with Crippen LogP contribution < -0.4 is 10.6 Å². The summed E-state index contributed by atoms with van der Waals surface area (Å²) >= 11 is 1.30. The summed E-state index contributed by atoms with van der Waals surface area (Å²) in [6, 6.07) is 6.13. The number of methoxy groups -OCH3 is 1. The summed E-state index contributed by atoms with van der Waals surface area (Å²) in [6.45, 7) is 0. The molecule has 0 atom stereocenters. The highest BCUT2D eigenvalue weighted by Crippen LogP contribution is 2.17. The van der Waals surface area contributed by atoms with E-state index in [1.54, 1.807) is 35.8 Å². The second kappa shape index (κ2) is 5.96. The van der Waals surface area contributed by atoms with Crippen molar-refractivity contribution in [2.75, 3.05) is 17.7 Å². The van der Waals surface area contributed by atoms with Gasteiger partial charge in [0, 0.05) is 11.6 Å². The molecule has 1 aromatic carbocycles. The van der Waals surface area contributed by atoms with E-state index in [0.29, 0.717) is 16.4 Å². The molecule has 0 spiro atoms. The Morgan fingerprint density at radius 2 is 2.05 bits per heavy atom. The van der Waals surface area contributed by atoms with E-state index < -0.39 is 12.0 Å². The van der Waals surface area contributed by atoms with Gasteiger partial charge in [0.05, 0.1) is 18.4 Å². The molecule has 0 saturated carbocycles. The van der Waals surface area contributed by atoms with Gasteiger partial charge in [0.15, 0.2) is 5.13 Å². The zero-order valence-corrected chi connectivity index (χ0v) is 10.9. The normalized spacial score (nSPS) is 9.74. The molecule has 2 rings (SSSR count). The summed E-state index contributed by atoms with van der Waals surface area (Å²) in [5.74, 6) is -0.509. The molecular formula is C12H11N3O3S. The summed E-state index contributed by atoms with van der Waals surface area (Å²) in [7, 11) is 1.29. The molecule has 0 aliphatic carbocycles. The molecule has 0 unspecified atom stereocenters. The van der Waals surface area contributed by atoms with Gasteiger partial charge >= 0.3 is 12.0 Å². The van der Waals surface area contributed by atoms with Crippen molar-refractivity contribution in [2.45, 2.75) is 0 Å². The van der Waals surface area contributed by atoms with E-state index in [-0.39, 0.29) is 0 Å². The maximum atomic E-state index is 11.7. The quantitative estimate of drug-likeness (QED) is 0.845. The van der Waals surface area contributed by atoms with Gasteiger partial charge in [0.1, 0.15) is 0 Å². The third kappa shape index (κ3) is 3.29. The lowest BCUT2D eigenvalue weighted by molar-refractivity contribution is 0.0602. The summed E-state index contributed by atoms with van der Waals surface area (Å²) in [4.78, 5) is 27.2. The minimum absolute atomic E-state index is 0.291. The SMILES string of the molecule is COC(=O)c1ccccc1NC(=O)Nc1nccs1. The lowest BCUT2D eigenvalue weighted by Crippen LogP contribution is -2.21. The topological polar surface area (TPSA) is 80.3 Å². The van der Waals surface area contributed by atoms with Crippen LogP contribution >= 0.6 is 11.3 Å². The van der Waals surface area contributed by atoms with Gasteiger partial charge in [-0.15, -0.1) is 11.3 Å². The first-order valence-corrected chi connectivity index (χ1v) is 6.23. The fourth-order valence-corrected chi connectivity index (χ4v) is 1.94. The number of benzene rings is 1. The molecule has 0 saturated heterocycles. The van der Waals surface area contributed by atoms with E-state index in [9.17, 15) is 9.59 Å². The van der Waals surface area contributed by atoms with Gasteiger partial charge < -0.3 is 10.1 Å². The average molecular weight is 277 g/mol. The number of hydrogen-bond acceptors (Lipinski definition) is 5. The van der Waals surface area contributed by atoms with Crippen molar-refractivity contribution in [2.24, 2.45) is 0 Å². The second-order valence-corrected chi connectivity index (χ2v) is 4.35. The number of para-hydroxylation sites is 1. The van der Waals surface area contributed by atoms with Crippen molar-refractivity contribution in [1.82, 2.24) is 4.98 Å². The Morgan fingerprint density at radius 3 is 2.74 bits per heavy atom. The van der Waals surface area contributed by atoms with E-state index in [2.05, 4.69) is 20.4 Å². The number of carbonyl (C=O) groups excluding carboxylic acids is 2. The predicted molar refractivity (Wildman–Crippen MR) is 72.5 cm³/mol. The zero-order valence-electron chi connectivity index (χ0n) is 10.0. The minimum atomic E-state index is -0.509. The number of urea groups is 1. The molecule has 0 bridgehead atoms. The Balaban J connectivity index is 2.10. The molecule has 2 aromatic rings. The van der Waals surface area contributed by atoms with Crippen molar-refractivity contribution >= 4 is 34.2 Å². The number of nitrogens with zero attached hydrogens (tertiary/aromatic N) is 1. The van der Waals surface area contributed by atoms with Gasteiger partial charge in [0.2, 0.25) is 0 Å². The lowest BCUT2D eigenvalue weighted by Gasteiger charge is -2.09. The summed E-state index contributed by atoms with van der Waals surface area (Å²) in [5, 5.41) is 7.37. The molecule has 0 fully saturated rings. The largest absolute Gasteiger partial charge is 0.465 e. The van der Waals surface area contributed by atoms with E-state index in [0.717, 1.165) is 0 Å². The molecular weight excluding hydrogens is 266 g/mol. The van der Waals surface area contributed by atoms with Gasteiger partial charge in [-0.2, -0.15) is 0 Å². The number of anilines is 2. The van der Waals surface area contributed by atoms with E-state index in [1.165, 1.54) is 18.4 Å². The Bertz CT molecular complexity index is 584. The number of rotatable bonds is 3. The van der Waals surface area contributed by atoms with Crippen molar-refractivity contribution in [3.8, 4) is 0 Å². The lowest BCUT2D eigenvalue weighted by atomic mass is 10.2. The van der Waals surface area contributed by atoms with E-state index in [1.807, 2.05) is 0 Å². The highest BCUT2D eigenvalue weighted by Gasteiger charge is 2.13. The van der Waals surface area contributed by atoms with Gasteiger partial charge in [-0.1, -0.05) is 12.1 Å². The van der Waals surface area contributed by atoms with Crippen molar-refractivity contribution in [1.29, 1.82) is 0 Å². The first-order chi connectivity index (χ1) is 9.20. The van der Waals surface area contributed by atoms with Crippen LogP contribution in [0.25, 0.3) is 0 Å². The molecule has 0 aliphatic rings. The van der Waals surface area contributed by atoms with Gasteiger partial charge in [-0.25, -0.2) is 14.6 Å². The monoisotopic (exact) mass is 277 g/mol. The second-order valence-electron chi connectivity index (χ2n) is 3.45. The average Bonchev–Trinajstić information content (AvgIpc) is 2.91. The van der Waals surface area contributed by atoms with E-state index in [4.69, 9.17) is 0 Å². The molecule has 98 valence electrons. The Morgan fingerprint density at radius 1 is 1.26 bits per heavy atom. The highest BCUT2D eigenvalue weighted by atomic mass is 32.1. The maximum absolute atomic E-state index is 11.7.